The van der Waals surface area contributed by atoms with Crippen LogP contribution in [0.3, 0.4) is 0 Å². The molecule has 2 heterocycles. The summed E-state index contributed by atoms with van der Waals surface area (Å²) < 4.78 is 2.03. The zero-order valence-corrected chi connectivity index (χ0v) is 19.8. The molecule has 1 aliphatic heterocycles. The van der Waals surface area contributed by atoms with Crippen LogP contribution in [0, 0.1) is 0 Å². The molecule has 3 aromatic rings. The van der Waals surface area contributed by atoms with Gasteiger partial charge in [-0.15, -0.1) is 10.2 Å². The first-order valence-electron chi connectivity index (χ1n) is 11.8. The van der Waals surface area contributed by atoms with Crippen molar-refractivity contribution in [2.24, 2.45) is 0 Å². The lowest BCUT2D eigenvalue weighted by atomic mass is 10.1. The molecule has 1 saturated carbocycles. The van der Waals surface area contributed by atoms with Crippen molar-refractivity contribution in [2.75, 3.05) is 29.1 Å². The molecule has 2 N–H and O–H groups in total. The predicted molar refractivity (Wildman–Crippen MR) is 134 cm³/mol. The Balaban J connectivity index is 1.27. The molecule has 0 unspecified atom stereocenters. The van der Waals surface area contributed by atoms with Crippen LogP contribution in [0.25, 0.3) is 5.69 Å². The van der Waals surface area contributed by atoms with Crippen molar-refractivity contribution in [1.29, 1.82) is 0 Å². The van der Waals surface area contributed by atoms with E-state index in [9.17, 15) is 9.59 Å². The van der Waals surface area contributed by atoms with E-state index in [2.05, 4.69) is 25.7 Å². The summed E-state index contributed by atoms with van der Waals surface area (Å²) in [6.07, 6.45) is 5.59. The third-order valence-corrected chi connectivity index (χ3v) is 6.85. The molecule has 1 aliphatic carbocycles. The van der Waals surface area contributed by atoms with Gasteiger partial charge < -0.3 is 15.5 Å². The van der Waals surface area contributed by atoms with E-state index < -0.39 is 0 Å². The average Bonchev–Trinajstić information content (AvgIpc) is 3.59. The largest absolute Gasteiger partial charge is 0.349 e. The smallest absolute Gasteiger partial charge is 0.251 e. The number of hydrogen-bond donors (Lipinski definition) is 2. The summed E-state index contributed by atoms with van der Waals surface area (Å²) in [6.45, 7) is 1.92. The Kier molecular flexibility index (Phi) is 6.80. The maximum absolute atomic E-state index is 12.7. The Morgan fingerprint density at radius 3 is 2.53 bits per heavy atom. The van der Waals surface area contributed by atoms with Gasteiger partial charge in [-0.1, -0.05) is 36.0 Å². The van der Waals surface area contributed by atoms with Crippen LogP contribution in [-0.2, 0) is 4.79 Å². The van der Waals surface area contributed by atoms with Crippen LogP contribution in [0.15, 0.2) is 59.8 Å². The number of aromatic nitrogens is 3. The lowest BCUT2D eigenvalue weighted by molar-refractivity contribution is -0.113. The number of amides is 2. The molecule has 1 aromatic heterocycles. The first kappa shape index (κ1) is 22.5. The standard InChI is InChI=1S/C25H28N6O2S/c32-22(26-20-9-7-8-18(16-20)23(33)27-19-12-13-19)17-34-25-29-28-24(30-14-5-2-6-15-30)31(25)21-10-3-1-4-11-21/h1,3-4,7-11,16,19H,2,5-6,12-15,17H2,(H,26,32)(H,27,33). The molecule has 34 heavy (non-hydrogen) atoms. The molecule has 2 aliphatic rings. The monoisotopic (exact) mass is 476 g/mol. The number of piperidine rings is 1. The van der Waals surface area contributed by atoms with Crippen molar-refractivity contribution in [3.8, 4) is 5.69 Å². The fourth-order valence-electron chi connectivity index (χ4n) is 4.02. The van der Waals surface area contributed by atoms with Gasteiger partial charge in [-0.2, -0.15) is 0 Å². The number of nitrogens with one attached hydrogen (secondary N) is 2. The molecule has 8 nitrogen and oxygen atoms in total. The summed E-state index contributed by atoms with van der Waals surface area (Å²) in [5.41, 5.74) is 2.13. The molecule has 0 spiro atoms. The highest BCUT2D eigenvalue weighted by Gasteiger charge is 2.24. The summed E-state index contributed by atoms with van der Waals surface area (Å²) in [5, 5.41) is 15.4. The molecule has 0 bridgehead atoms. The van der Waals surface area contributed by atoms with Gasteiger partial charge in [0.15, 0.2) is 5.16 Å². The molecule has 2 fully saturated rings. The Labute approximate surface area is 203 Å². The summed E-state index contributed by atoms with van der Waals surface area (Å²) >= 11 is 1.35. The molecule has 2 aromatic carbocycles. The van der Waals surface area contributed by atoms with Gasteiger partial charge >= 0.3 is 0 Å². The highest BCUT2D eigenvalue weighted by atomic mass is 32.2. The predicted octanol–water partition coefficient (Wildman–Crippen LogP) is 3.88. The Hall–Kier alpha value is -3.33. The number of carbonyl (C=O) groups excluding carboxylic acids is 2. The van der Waals surface area contributed by atoms with Gasteiger partial charge in [-0.25, -0.2) is 0 Å². The average molecular weight is 477 g/mol. The molecule has 0 atom stereocenters. The maximum Gasteiger partial charge on any atom is 0.251 e. The normalized spacial score (nSPS) is 15.7. The fraction of sp³-hybridized carbons (Fsp3) is 0.360. The van der Waals surface area contributed by atoms with Gasteiger partial charge in [0, 0.05) is 30.4 Å². The lowest BCUT2D eigenvalue weighted by Gasteiger charge is -2.27. The summed E-state index contributed by atoms with van der Waals surface area (Å²) in [6, 6.07) is 17.3. The third kappa shape index (κ3) is 5.41. The number of para-hydroxylation sites is 1. The van der Waals surface area contributed by atoms with Gasteiger partial charge in [0.1, 0.15) is 0 Å². The number of carbonyl (C=O) groups is 2. The molecule has 2 amide bonds. The highest BCUT2D eigenvalue weighted by Crippen LogP contribution is 2.28. The molecular weight excluding hydrogens is 448 g/mol. The number of nitrogens with zero attached hydrogens (tertiary/aromatic N) is 4. The fourth-order valence-corrected chi connectivity index (χ4v) is 4.77. The first-order chi connectivity index (χ1) is 16.7. The van der Waals surface area contributed by atoms with Crippen molar-refractivity contribution >= 4 is 35.2 Å². The van der Waals surface area contributed by atoms with Crippen LogP contribution >= 0.6 is 11.8 Å². The van der Waals surface area contributed by atoms with Gasteiger partial charge in [0.05, 0.1) is 11.4 Å². The molecular formula is C25H28N6O2S. The number of thioether (sulfide) groups is 1. The summed E-state index contributed by atoms with van der Waals surface area (Å²) in [4.78, 5) is 27.3. The van der Waals surface area contributed by atoms with Gasteiger partial charge in [0.25, 0.3) is 5.91 Å². The van der Waals surface area contributed by atoms with Gasteiger partial charge in [-0.05, 0) is 62.4 Å². The summed E-state index contributed by atoms with van der Waals surface area (Å²) in [7, 11) is 0. The summed E-state index contributed by atoms with van der Waals surface area (Å²) in [5.74, 6) is 0.743. The van der Waals surface area contributed by atoms with E-state index in [1.165, 1.54) is 18.2 Å². The maximum atomic E-state index is 12.7. The van der Waals surface area contributed by atoms with E-state index in [1.807, 2.05) is 34.9 Å². The molecule has 5 rings (SSSR count). The van der Waals surface area contributed by atoms with Crippen molar-refractivity contribution in [2.45, 2.75) is 43.3 Å². The molecule has 0 radical (unpaired) electrons. The minimum atomic E-state index is -0.160. The zero-order chi connectivity index (χ0) is 23.3. The van der Waals surface area contributed by atoms with E-state index in [0.29, 0.717) is 22.4 Å². The number of rotatable bonds is 8. The second-order valence-electron chi connectivity index (χ2n) is 8.67. The van der Waals surface area contributed by atoms with Gasteiger partial charge in [0.2, 0.25) is 11.9 Å². The van der Waals surface area contributed by atoms with E-state index in [-0.39, 0.29) is 17.6 Å². The van der Waals surface area contributed by atoms with Gasteiger partial charge in [-0.3, -0.25) is 14.2 Å². The Morgan fingerprint density at radius 2 is 1.76 bits per heavy atom. The third-order valence-electron chi connectivity index (χ3n) is 5.92. The van der Waals surface area contributed by atoms with Crippen molar-refractivity contribution in [3.05, 3.63) is 60.2 Å². The van der Waals surface area contributed by atoms with Crippen molar-refractivity contribution < 1.29 is 9.59 Å². The van der Waals surface area contributed by atoms with Crippen LogP contribution in [0.1, 0.15) is 42.5 Å². The number of anilines is 2. The highest BCUT2D eigenvalue weighted by molar-refractivity contribution is 7.99. The molecule has 9 heteroatoms. The van der Waals surface area contributed by atoms with E-state index >= 15 is 0 Å². The second kappa shape index (κ2) is 10.3. The van der Waals surface area contributed by atoms with Crippen LogP contribution in [-0.4, -0.2) is 51.5 Å². The van der Waals surface area contributed by atoms with E-state index in [0.717, 1.165) is 50.4 Å². The lowest BCUT2D eigenvalue weighted by Crippen LogP contribution is -2.31. The molecule has 176 valence electrons. The van der Waals surface area contributed by atoms with E-state index in [4.69, 9.17) is 0 Å². The van der Waals surface area contributed by atoms with Crippen molar-refractivity contribution in [1.82, 2.24) is 20.1 Å². The molecule has 1 saturated heterocycles. The quantitative estimate of drug-likeness (QED) is 0.480. The van der Waals surface area contributed by atoms with Crippen LogP contribution in [0.5, 0.6) is 0 Å². The number of hydrogen-bond acceptors (Lipinski definition) is 6. The van der Waals surface area contributed by atoms with Crippen LogP contribution < -0.4 is 15.5 Å². The SMILES string of the molecule is O=C(CSc1nnc(N2CCCCC2)n1-c1ccccc1)Nc1cccc(C(=O)NC2CC2)c1. The minimum Gasteiger partial charge on any atom is -0.349 e. The topological polar surface area (TPSA) is 92.2 Å². The Morgan fingerprint density at radius 1 is 0.971 bits per heavy atom. The van der Waals surface area contributed by atoms with Crippen molar-refractivity contribution in [3.63, 3.8) is 0 Å². The van der Waals surface area contributed by atoms with E-state index in [1.54, 1.807) is 24.3 Å². The zero-order valence-electron chi connectivity index (χ0n) is 18.9. The Bertz CT molecular complexity index is 1160. The number of benzene rings is 2. The van der Waals surface area contributed by atoms with Crippen LogP contribution in [0.2, 0.25) is 0 Å². The second-order valence-corrected chi connectivity index (χ2v) is 9.61. The minimum absolute atomic E-state index is 0.103. The van der Waals surface area contributed by atoms with Crippen LogP contribution in [0.4, 0.5) is 11.6 Å². The first-order valence-corrected chi connectivity index (χ1v) is 12.8.